The lowest BCUT2D eigenvalue weighted by Gasteiger charge is -2.10. The second-order valence-corrected chi connectivity index (χ2v) is 5.57. The maximum absolute atomic E-state index is 11.7. The second kappa shape index (κ2) is 8.11. The fourth-order valence-corrected chi connectivity index (χ4v) is 2.23. The number of carboxylic acid groups (broad SMARTS) is 1. The molecule has 0 aromatic heterocycles. The first-order valence-corrected chi connectivity index (χ1v) is 7.29. The molecule has 0 unspecified atom stereocenters. The van der Waals surface area contributed by atoms with E-state index in [-0.39, 0.29) is 12.5 Å². The SMILES string of the molecule is Cc1cc(Br)c(NC(=O)NCCCCC(=O)O)cc1Cl. The Morgan fingerprint density at radius 2 is 2.05 bits per heavy atom. The van der Waals surface area contributed by atoms with Gasteiger partial charge in [0.05, 0.1) is 5.69 Å². The Kier molecular flexibility index (Phi) is 6.81. The molecule has 5 nitrogen and oxygen atoms in total. The Labute approximate surface area is 130 Å². The molecule has 0 saturated carbocycles. The molecule has 0 radical (unpaired) electrons. The Balaban J connectivity index is 2.39. The molecular weight excluding hydrogens is 348 g/mol. The number of anilines is 1. The molecule has 0 aliphatic rings. The molecule has 0 heterocycles. The van der Waals surface area contributed by atoms with Crippen LogP contribution in [0.2, 0.25) is 5.02 Å². The zero-order valence-corrected chi connectivity index (χ0v) is 13.3. The molecule has 0 saturated heterocycles. The Morgan fingerprint density at radius 3 is 2.70 bits per heavy atom. The van der Waals surface area contributed by atoms with E-state index >= 15 is 0 Å². The van der Waals surface area contributed by atoms with Gasteiger partial charge in [0.25, 0.3) is 0 Å². The largest absolute Gasteiger partial charge is 0.481 e. The Hall–Kier alpha value is -1.27. The summed E-state index contributed by atoms with van der Waals surface area (Å²) in [5, 5.41) is 14.4. The third kappa shape index (κ3) is 5.79. The molecule has 0 aliphatic heterocycles. The number of hydrogen-bond donors (Lipinski definition) is 3. The van der Waals surface area contributed by atoms with E-state index in [2.05, 4.69) is 26.6 Å². The maximum atomic E-state index is 11.7. The average molecular weight is 364 g/mol. The Morgan fingerprint density at radius 1 is 1.35 bits per heavy atom. The highest BCUT2D eigenvalue weighted by Gasteiger charge is 2.07. The van der Waals surface area contributed by atoms with Crippen molar-refractivity contribution < 1.29 is 14.7 Å². The second-order valence-electron chi connectivity index (χ2n) is 4.31. The molecule has 7 heteroatoms. The van der Waals surface area contributed by atoms with Crippen LogP contribution in [0.5, 0.6) is 0 Å². The van der Waals surface area contributed by atoms with Crippen LogP contribution in [0.25, 0.3) is 0 Å². The highest BCUT2D eigenvalue weighted by atomic mass is 79.9. The van der Waals surface area contributed by atoms with Gasteiger partial charge < -0.3 is 15.7 Å². The minimum Gasteiger partial charge on any atom is -0.481 e. The summed E-state index contributed by atoms with van der Waals surface area (Å²) < 4.78 is 0.750. The zero-order chi connectivity index (χ0) is 15.1. The van der Waals surface area contributed by atoms with E-state index in [1.807, 2.05) is 13.0 Å². The monoisotopic (exact) mass is 362 g/mol. The van der Waals surface area contributed by atoms with E-state index < -0.39 is 5.97 Å². The van der Waals surface area contributed by atoms with Gasteiger partial charge in [0.1, 0.15) is 0 Å². The van der Waals surface area contributed by atoms with Crippen LogP contribution in [-0.4, -0.2) is 23.7 Å². The standard InChI is InChI=1S/C13H16BrClN2O3/c1-8-6-9(14)11(7-10(8)15)17-13(20)16-5-3-2-4-12(18)19/h6-7H,2-5H2,1H3,(H,18,19)(H2,16,17,20). The highest BCUT2D eigenvalue weighted by molar-refractivity contribution is 9.10. The van der Waals surface area contributed by atoms with Gasteiger partial charge >= 0.3 is 12.0 Å². The number of amides is 2. The van der Waals surface area contributed by atoms with Crippen molar-refractivity contribution in [2.75, 3.05) is 11.9 Å². The molecule has 0 spiro atoms. The smallest absolute Gasteiger partial charge is 0.319 e. The summed E-state index contributed by atoms with van der Waals surface area (Å²) in [5.41, 5.74) is 1.50. The maximum Gasteiger partial charge on any atom is 0.319 e. The lowest BCUT2D eigenvalue weighted by atomic mass is 10.2. The van der Waals surface area contributed by atoms with E-state index in [0.717, 1.165) is 10.0 Å². The molecule has 3 N–H and O–H groups in total. The van der Waals surface area contributed by atoms with Gasteiger partial charge in [0, 0.05) is 22.5 Å². The van der Waals surface area contributed by atoms with Gasteiger partial charge in [-0.15, -0.1) is 0 Å². The van der Waals surface area contributed by atoms with E-state index in [1.54, 1.807) is 6.07 Å². The fraction of sp³-hybridized carbons (Fsp3) is 0.385. The van der Waals surface area contributed by atoms with Crippen molar-refractivity contribution in [2.45, 2.75) is 26.2 Å². The van der Waals surface area contributed by atoms with Crippen molar-refractivity contribution in [3.05, 3.63) is 27.2 Å². The van der Waals surface area contributed by atoms with E-state index in [4.69, 9.17) is 16.7 Å². The predicted octanol–water partition coefficient (Wildman–Crippen LogP) is 3.79. The van der Waals surface area contributed by atoms with Crippen LogP contribution < -0.4 is 10.6 Å². The summed E-state index contributed by atoms with van der Waals surface area (Å²) in [4.78, 5) is 22.0. The van der Waals surface area contributed by atoms with Crippen LogP contribution in [0.3, 0.4) is 0 Å². The highest BCUT2D eigenvalue weighted by Crippen LogP contribution is 2.28. The molecule has 0 aliphatic carbocycles. The van der Waals surface area contributed by atoms with Gasteiger partial charge in [0.15, 0.2) is 0 Å². The molecule has 2 amide bonds. The van der Waals surface area contributed by atoms with Gasteiger partial charge in [-0.25, -0.2) is 4.79 Å². The molecular formula is C13H16BrClN2O3. The average Bonchev–Trinajstić information content (AvgIpc) is 2.35. The predicted molar refractivity (Wildman–Crippen MR) is 82.4 cm³/mol. The van der Waals surface area contributed by atoms with Crippen molar-refractivity contribution in [1.29, 1.82) is 0 Å². The lowest BCUT2D eigenvalue weighted by molar-refractivity contribution is -0.137. The van der Waals surface area contributed by atoms with E-state index in [9.17, 15) is 9.59 Å². The molecule has 0 bridgehead atoms. The van der Waals surface area contributed by atoms with Crippen molar-refractivity contribution in [3.8, 4) is 0 Å². The number of urea groups is 1. The molecule has 0 atom stereocenters. The first kappa shape index (κ1) is 16.8. The summed E-state index contributed by atoms with van der Waals surface area (Å²) in [5.74, 6) is -0.826. The number of carboxylic acids is 1. The summed E-state index contributed by atoms with van der Waals surface area (Å²) in [6.07, 6.45) is 1.27. The topological polar surface area (TPSA) is 78.4 Å². The minimum absolute atomic E-state index is 0.114. The Bertz CT molecular complexity index is 509. The van der Waals surface area contributed by atoms with Crippen LogP contribution >= 0.6 is 27.5 Å². The van der Waals surface area contributed by atoms with Crippen LogP contribution in [0.4, 0.5) is 10.5 Å². The van der Waals surface area contributed by atoms with E-state index in [0.29, 0.717) is 30.1 Å². The first-order chi connectivity index (χ1) is 9.40. The lowest BCUT2D eigenvalue weighted by Crippen LogP contribution is -2.29. The molecule has 1 aromatic rings. The quantitative estimate of drug-likeness (QED) is 0.673. The van der Waals surface area contributed by atoms with Crippen molar-refractivity contribution in [2.24, 2.45) is 0 Å². The molecule has 1 aromatic carbocycles. The number of rotatable bonds is 6. The molecule has 0 fully saturated rings. The summed E-state index contributed by atoms with van der Waals surface area (Å²) >= 11 is 9.35. The number of hydrogen-bond acceptors (Lipinski definition) is 2. The third-order valence-electron chi connectivity index (χ3n) is 2.60. The number of benzene rings is 1. The number of aryl methyl sites for hydroxylation is 1. The number of unbranched alkanes of at least 4 members (excludes halogenated alkanes) is 1. The molecule has 20 heavy (non-hydrogen) atoms. The van der Waals surface area contributed by atoms with Gasteiger partial charge in [-0.05, 0) is 53.4 Å². The number of nitrogens with one attached hydrogen (secondary N) is 2. The van der Waals surface area contributed by atoms with Gasteiger partial charge in [-0.2, -0.15) is 0 Å². The van der Waals surface area contributed by atoms with Gasteiger partial charge in [0.2, 0.25) is 0 Å². The van der Waals surface area contributed by atoms with Crippen LogP contribution in [0, 0.1) is 6.92 Å². The van der Waals surface area contributed by atoms with Crippen molar-refractivity contribution >= 4 is 45.2 Å². The van der Waals surface area contributed by atoms with Gasteiger partial charge in [-0.3, -0.25) is 4.79 Å². The summed E-state index contributed by atoms with van der Waals surface area (Å²) in [6, 6.07) is 3.15. The number of carbonyl (C=O) groups is 2. The minimum atomic E-state index is -0.826. The first-order valence-electron chi connectivity index (χ1n) is 6.12. The van der Waals surface area contributed by atoms with Crippen molar-refractivity contribution in [3.63, 3.8) is 0 Å². The summed E-state index contributed by atoms with van der Waals surface area (Å²) in [7, 11) is 0. The normalized spacial score (nSPS) is 10.2. The summed E-state index contributed by atoms with van der Waals surface area (Å²) in [6.45, 7) is 2.30. The third-order valence-corrected chi connectivity index (χ3v) is 3.66. The number of aliphatic carboxylic acids is 1. The zero-order valence-electron chi connectivity index (χ0n) is 11.0. The van der Waals surface area contributed by atoms with E-state index in [1.165, 1.54) is 0 Å². The van der Waals surface area contributed by atoms with Crippen LogP contribution in [0.1, 0.15) is 24.8 Å². The fourth-order valence-electron chi connectivity index (χ4n) is 1.51. The number of carbonyl (C=O) groups excluding carboxylic acids is 1. The van der Waals surface area contributed by atoms with Crippen LogP contribution in [-0.2, 0) is 4.79 Å². The van der Waals surface area contributed by atoms with Gasteiger partial charge in [-0.1, -0.05) is 11.6 Å². The van der Waals surface area contributed by atoms with Crippen molar-refractivity contribution in [1.82, 2.24) is 5.32 Å². The number of halogens is 2. The molecule has 110 valence electrons. The molecule has 1 rings (SSSR count). The van der Waals surface area contributed by atoms with Crippen LogP contribution in [0.15, 0.2) is 16.6 Å².